The molecule has 0 radical (unpaired) electrons. The first-order chi connectivity index (χ1) is 8.58. The number of amides is 2. The van der Waals surface area contributed by atoms with Crippen LogP contribution in [0.4, 0.5) is 5.69 Å². The molecule has 0 aromatic carbocycles. The van der Waals surface area contributed by atoms with Crippen molar-refractivity contribution < 1.29 is 9.59 Å². The highest BCUT2D eigenvalue weighted by molar-refractivity contribution is 7.80. The maximum Gasteiger partial charge on any atom is 0.249 e. The van der Waals surface area contributed by atoms with Crippen molar-refractivity contribution in [2.45, 2.75) is 18.9 Å². The van der Waals surface area contributed by atoms with Gasteiger partial charge in [-0.1, -0.05) is 12.2 Å². The number of piperidine rings is 1. The number of nitrogens with zero attached hydrogens (tertiary/aromatic N) is 1. The van der Waals surface area contributed by atoms with Crippen LogP contribution in [0.2, 0.25) is 0 Å². The molecule has 1 aromatic heterocycles. The number of nitrogens with two attached hydrogens (primary N) is 1. The topological polar surface area (TPSA) is 97.1 Å². The van der Waals surface area contributed by atoms with Gasteiger partial charge in [-0.15, -0.1) is 0 Å². The number of anilines is 1. The van der Waals surface area contributed by atoms with Crippen LogP contribution in [-0.4, -0.2) is 27.8 Å². The predicted octanol–water partition coefficient (Wildman–Crippen LogP) is -0.0671. The summed E-state index contributed by atoms with van der Waals surface area (Å²) in [7, 11) is 0. The minimum absolute atomic E-state index is 0.229. The zero-order chi connectivity index (χ0) is 13.1. The normalized spacial score (nSPS) is 19.2. The maximum absolute atomic E-state index is 11.6. The average molecular weight is 264 g/mol. The van der Waals surface area contributed by atoms with Crippen molar-refractivity contribution >= 4 is 34.7 Å². The van der Waals surface area contributed by atoms with Gasteiger partial charge in [0.1, 0.15) is 11.0 Å². The molecule has 1 saturated heterocycles. The molecule has 1 atom stereocenters. The van der Waals surface area contributed by atoms with Crippen molar-refractivity contribution in [2.24, 2.45) is 5.73 Å². The molecule has 7 heteroatoms. The fourth-order valence-corrected chi connectivity index (χ4v) is 1.92. The third kappa shape index (κ3) is 2.62. The second kappa shape index (κ2) is 5.09. The van der Waals surface area contributed by atoms with Gasteiger partial charge in [0.2, 0.25) is 11.8 Å². The number of carbonyl (C=O) groups excluding carboxylic acids is 2. The van der Waals surface area contributed by atoms with E-state index >= 15 is 0 Å². The molecule has 1 fully saturated rings. The largest absolute Gasteiger partial charge is 0.389 e. The van der Waals surface area contributed by atoms with Gasteiger partial charge in [0.15, 0.2) is 0 Å². The van der Waals surface area contributed by atoms with Crippen molar-refractivity contribution in [1.82, 2.24) is 10.3 Å². The summed E-state index contributed by atoms with van der Waals surface area (Å²) < 4.78 is 0. The van der Waals surface area contributed by atoms with Crippen LogP contribution in [0, 0.1) is 0 Å². The average Bonchev–Trinajstić information content (AvgIpc) is 2.33. The molecule has 94 valence electrons. The van der Waals surface area contributed by atoms with Gasteiger partial charge in [-0.25, -0.2) is 0 Å². The lowest BCUT2D eigenvalue weighted by molar-refractivity contribution is -0.133. The SMILES string of the molecule is NC(=S)c1ccncc1NC1CCC(=O)NC1=O. The van der Waals surface area contributed by atoms with E-state index in [1.54, 1.807) is 18.5 Å². The first-order valence-electron chi connectivity index (χ1n) is 5.42. The number of aromatic nitrogens is 1. The molecule has 1 aliphatic rings. The number of hydrogen-bond donors (Lipinski definition) is 3. The third-order valence-corrected chi connectivity index (χ3v) is 2.88. The van der Waals surface area contributed by atoms with Gasteiger partial charge in [-0.2, -0.15) is 0 Å². The van der Waals surface area contributed by atoms with Crippen LogP contribution in [0.5, 0.6) is 0 Å². The Kier molecular flexibility index (Phi) is 3.52. The summed E-state index contributed by atoms with van der Waals surface area (Å²) in [6.07, 6.45) is 3.88. The first-order valence-corrected chi connectivity index (χ1v) is 5.83. The minimum Gasteiger partial charge on any atom is -0.389 e. The molecule has 1 unspecified atom stereocenters. The van der Waals surface area contributed by atoms with E-state index in [1.807, 2.05) is 0 Å². The van der Waals surface area contributed by atoms with Gasteiger partial charge in [0, 0.05) is 18.2 Å². The number of thiocarbonyl (C=S) groups is 1. The van der Waals surface area contributed by atoms with Crippen molar-refractivity contribution in [3.63, 3.8) is 0 Å². The number of pyridine rings is 1. The summed E-state index contributed by atoms with van der Waals surface area (Å²) in [5.41, 5.74) is 6.81. The maximum atomic E-state index is 11.6. The molecule has 6 nitrogen and oxygen atoms in total. The van der Waals surface area contributed by atoms with Crippen LogP contribution in [0.1, 0.15) is 18.4 Å². The molecule has 0 aliphatic carbocycles. The van der Waals surface area contributed by atoms with E-state index in [0.717, 1.165) is 0 Å². The van der Waals surface area contributed by atoms with Crippen LogP contribution in [-0.2, 0) is 9.59 Å². The minimum atomic E-state index is -0.472. The smallest absolute Gasteiger partial charge is 0.249 e. The number of hydrogen-bond acceptors (Lipinski definition) is 5. The zero-order valence-electron chi connectivity index (χ0n) is 9.47. The molecule has 0 spiro atoms. The second-order valence-electron chi connectivity index (χ2n) is 3.93. The molecule has 18 heavy (non-hydrogen) atoms. The van der Waals surface area contributed by atoms with Crippen LogP contribution >= 0.6 is 12.2 Å². The van der Waals surface area contributed by atoms with E-state index in [1.165, 1.54) is 0 Å². The van der Waals surface area contributed by atoms with E-state index in [-0.39, 0.29) is 16.8 Å². The highest BCUT2D eigenvalue weighted by Gasteiger charge is 2.26. The van der Waals surface area contributed by atoms with Crippen molar-refractivity contribution in [3.05, 3.63) is 24.0 Å². The van der Waals surface area contributed by atoms with Gasteiger partial charge in [0.25, 0.3) is 0 Å². The van der Waals surface area contributed by atoms with E-state index in [2.05, 4.69) is 15.6 Å². The fraction of sp³-hybridized carbons (Fsp3) is 0.273. The lowest BCUT2D eigenvalue weighted by Crippen LogP contribution is -2.47. The molecule has 0 bridgehead atoms. The predicted molar refractivity (Wildman–Crippen MR) is 69.9 cm³/mol. The Labute approximate surface area is 109 Å². The Morgan fingerprint density at radius 2 is 2.33 bits per heavy atom. The van der Waals surface area contributed by atoms with E-state index < -0.39 is 6.04 Å². The summed E-state index contributed by atoms with van der Waals surface area (Å²) >= 11 is 4.92. The number of imide groups is 1. The lowest BCUT2D eigenvalue weighted by atomic mass is 10.1. The summed E-state index contributed by atoms with van der Waals surface area (Å²) in [6.45, 7) is 0. The lowest BCUT2D eigenvalue weighted by Gasteiger charge is -2.23. The Bertz CT molecular complexity index is 518. The first kappa shape index (κ1) is 12.4. The van der Waals surface area contributed by atoms with E-state index in [9.17, 15) is 9.59 Å². The molecule has 2 amide bonds. The summed E-state index contributed by atoms with van der Waals surface area (Å²) in [4.78, 5) is 26.8. The third-order valence-electron chi connectivity index (χ3n) is 2.66. The van der Waals surface area contributed by atoms with Gasteiger partial charge in [0.05, 0.1) is 11.9 Å². The van der Waals surface area contributed by atoms with Crippen LogP contribution < -0.4 is 16.4 Å². The van der Waals surface area contributed by atoms with Crippen molar-refractivity contribution in [1.29, 1.82) is 0 Å². The zero-order valence-corrected chi connectivity index (χ0v) is 10.3. The number of rotatable bonds is 3. The summed E-state index contributed by atoms with van der Waals surface area (Å²) in [5.74, 6) is -0.595. The Hall–Kier alpha value is -2.02. The Balaban J connectivity index is 2.17. The molecule has 2 rings (SSSR count). The summed E-state index contributed by atoms with van der Waals surface area (Å²) in [6, 6.07) is 1.20. The summed E-state index contributed by atoms with van der Waals surface area (Å²) in [5, 5.41) is 5.28. The van der Waals surface area contributed by atoms with Crippen molar-refractivity contribution in [3.8, 4) is 0 Å². The second-order valence-corrected chi connectivity index (χ2v) is 4.37. The van der Waals surface area contributed by atoms with E-state index in [4.69, 9.17) is 18.0 Å². The Morgan fingerprint density at radius 3 is 3.00 bits per heavy atom. The quantitative estimate of drug-likeness (QED) is 0.522. The molecule has 2 heterocycles. The number of carbonyl (C=O) groups is 2. The van der Waals surface area contributed by atoms with Gasteiger partial charge in [-0.3, -0.25) is 19.9 Å². The van der Waals surface area contributed by atoms with Crippen LogP contribution in [0.3, 0.4) is 0 Å². The van der Waals surface area contributed by atoms with Gasteiger partial charge >= 0.3 is 0 Å². The number of nitrogens with one attached hydrogen (secondary N) is 2. The fourth-order valence-electron chi connectivity index (χ4n) is 1.74. The monoisotopic (exact) mass is 264 g/mol. The highest BCUT2D eigenvalue weighted by atomic mass is 32.1. The standard InChI is InChI=1S/C11H12N4O2S/c12-10(18)6-3-4-13-5-8(6)14-7-1-2-9(16)15-11(7)17/h3-5,7,14H,1-2H2,(H2,12,18)(H,15,16,17). The molecule has 1 aliphatic heterocycles. The van der Waals surface area contributed by atoms with Gasteiger partial charge in [-0.05, 0) is 12.5 Å². The molecule has 0 saturated carbocycles. The molecule has 4 N–H and O–H groups in total. The highest BCUT2D eigenvalue weighted by Crippen LogP contribution is 2.17. The van der Waals surface area contributed by atoms with Crippen LogP contribution in [0.25, 0.3) is 0 Å². The molecule has 1 aromatic rings. The molecular weight excluding hydrogens is 252 g/mol. The molecular formula is C11H12N4O2S. The Morgan fingerprint density at radius 1 is 1.56 bits per heavy atom. The van der Waals surface area contributed by atoms with E-state index in [0.29, 0.717) is 24.1 Å². The van der Waals surface area contributed by atoms with Crippen molar-refractivity contribution in [2.75, 3.05) is 5.32 Å². The van der Waals surface area contributed by atoms with Gasteiger partial charge < -0.3 is 11.1 Å². The van der Waals surface area contributed by atoms with Crippen LogP contribution in [0.15, 0.2) is 18.5 Å².